The van der Waals surface area contributed by atoms with Gasteiger partial charge in [0, 0.05) is 40.5 Å². The molecule has 0 radical (unpaired) electrons. The van der Waals surface area contributed by atoms with Crippen LogP contribution in [-0.2, 0) is 68.2 Å². The van der Waals surface area contributed by atoms with Crippen molar-refractivity contribution in [2.75, 3.05) is 21.2 Å². The molecule has 3 rings (SSSR count). The number of nitrogens with zero attached hydrogens (tertiary/aromatic N) is 1. The van der Waals surface area contributed by atoms with E-state index in [0.29, 0.717) is 12.0 Å². The summed E-state index contributed by atoms with van der Waals surface area (Å²) >= 11 is 0. The normalized spacial score (nSPS) is 26.6. The van der Waals surface area contributed by atoms with Crippen LogP contribution in [0.5, 0.6) is 0 Å². The van der Waals surface area contributed by atoms with Crippen molar-refractivity contribution in [2.24, 2.45) is 5.92 Å². The van der Waals surface area contributed by atoms with Gasteiger partial charge in [0.05, 0.1) is 0 Å². The Morgan fingerprint density at radius 1 is 0.850 bits per heavy atom. The molecule has 1 N–H and O–H groups in total. The van der Waals surface area contributed by atoms with Gasteiger partial charge in [0.15, 0.2) is 18.0 Å². The van der Waals surface area contributed by atoms with Gasteiger partial charge in [-0.05, 0) is 100 Å². The number of hydrogen-bond donors (Lipinski definition) is 1. The number of carbonyl (C=O) groups is 5. The minimum absolute atomic E-state index is 0.102. The molecule has 0 saturated carbocycles. The molecule has 2 aliphatic heterocycles. The largest absolute Gasteiger partial charge is 0.458 e. The summed E-state index contributed by atoms with van der Waals surface area (Å²) in [5.74, 6) is -9.11. The highest BCUT2D eigenvalue weighted by molar-refractivity contribution is 6.00. The van der Waals surface area contributed by atoms with Crippen LogP contribution in [0.25, 0.3) is 0 Å². The molecule has 1 amide bonds. The summed E-state index contributed by atoms with van der Waals surface area (Å²) in [5.41, 5.74) is -9.21. The second-order valence-electron chi connectivity index (χ2n) is 19.1. The second kappa shape index (κ2) is 18.1. The molecular weight excluding hydrogens is 782 g/mol. The van der Waals surface area contributed by atoms with E-state index in [4.69, 9.17) is 42.6 Å². The van der Waals surface area contributed by atoms with Crippen molar-refractivity contribution < 1.29 is 71.7 Å². The summed E-state index contributed by atoms with van der Waals surface area (Å²) < 4.78 is 54.8. The van der Waals surface area contributed by atoms with E-state index in [0.717, 1.165) is 10.5 Å². The lowest BCUT2D eigenvalue weighted by atomic mass is 9.74. The number of esters is 4. The van der Waals surface area contributed by atoms with Crippen molar-refractivity contribution in [3.63, 3.8) is 0 Å². The van der Waals surface area contributed by atoms with Gasteiger partial charge in [-0.25, -0.2) is 19.2 Å². The Morgan fingerprint density at radius 2 is 1.38 bits per heavy atom. The quantitative estimate of drug-likeness (QED) is 0.0994. The fraction of sp³-hybridized carbons (Fsp3) is 0.705. The summed E-state index contributed by atoms with van der Waals surface area (Å²) in [6.07, 6.45) is -8.22. The number of ether oxygens (including phenoxy) is 9. The fourth-order valence-corrected chi connectivity index (χ4v) is 7.02. The van der Waals surface area contributed by atoms with Gasteiger partial charge in [-0.1, -0.05) is 43.8 Å². The molecule has 2 heterocycles. The molecule has 60 heavy (non-hydrogen) atoms. The molecule has 0 spiro atoms. The first-order valence-electron chi connectivity index (χ1n) is 20.0. The highest BCUT2D eigenvalue weighted by atomic mass is 16.8. The third-order valence-corrected chi connectivity index (χ3v) is 9.64. The van der Waals surface area contributed by atoms with Crippen LogP contribution in [0.2, 0.25) is 0 Å². The monoisotopic (exact) mass is 849 g/mol. The molecule has 2 fully saturated rings. The smallest absolute Gasteiger partial charge is 0.409 e. The first-order valence-corrected chi connectivity index (χ1v) is 20.0. The summed E-state index contributed by atoms with van der Waals surface area (Å²) in [4.78, 5) is 71.7. The molecule has 16 nitrogen and oxygen atoms in total. The first-order chi connectivity index (χ1) is 27.2. The highest BCUT2D eigenvalue weighted by Gasteiger charge is 2.87. The predicted molar refractivity (Wildman–Crippen MR) is 217 cm³/mol. The van der Waals surface area contributed by atoms with Crippen molar-refractivity contribution in [2.45, 2.75) is 173 Å². The molecule has 2 saturated heterocycles. The van der Waals surface area contributed by atoms with Crippen LogP contribution in [0, 0.1) is 5.92 Å². The number of carbonyl (C=O) groups excluding carboxylic acids is 5. The number of hydrogen-bond acceptors (Lipinski definition) is 15. The van der Waals surface area contributed by atoms with Gasteiger partial charge in [0.2, 0.25) is 17.5 Å². The Balaban J connectivity index is 2.46. The zero-order chi connectivity index (χ0) is 46.0. The van der Waals surface area contributed by atoms with Crippen molar-refractivity contribution in [3.05, 3.63) is 48.0 Å². The number of amides is 1. The van der Waals surface area contributed by atoms with Gasteiger partial charge in [0.25, 0.3) is 5.60 Å². The standard InChI is InChI=1S/C44H67NO15/c1-26(30(53-28(3)46)27(2)25-29-21-19-18-20-22-29)23-24-42-31(55-41(13,14)52-17)32(54-37(50)45(15)16)44(60-42,36(49)59-40(10,11)12)43(51,35(48)58-39(7,8)9)33(56-42)34(47)57-38(4,5)6/h18-22,27,30-33,51H,1,23-25H2,2-17H3/t27?,30?,31-,32-,33-,42-,43-,44-/m1/s1. The molecule has 16 heteroatoms. The SMILES string of the molecule is C=C(CC[C@@]12O[C@H](C(=O)OC(C)(C)C)[C@@](O)(C(=O)OC(C)(C)C)[C@@](C(=O)OC(C)(C)C)(O1)[C@H](OC(=O)N(C)C)[C@H]2OC(C)(C)OC)C(OC(C)=O)C(C)Cc1ccccc1. The van der Waals surface area contributed by atoms with E-state index in [-0.39, 0.29) is 18.8 Å². The van der Waals surface area contributed by atoms with Gasteiger partial charge in [-0.15, -0.1) is 0 Å². The van der Waals surface area contributed by atoms with E-state index in [9.17, 15) is 24.3 Å². The third kappa shape index (κ3) is 11.4. The number of fused-ring (bicyclic) bond motifs is 2. The molecule has 0 aliphatic carbocycles. The highest BCUT2D eigenvalue weighted by Crippen LogP contribution is 2.59. The van der Waals surface area contributed by atoms with Gasteiger partial charge in [-0.3, -0.25) is 4.79 Å². The van der Waals surface area contributed by atoms with E-state index in [2.05, 4.69) is 6.58 Å². The van der Waals surface area contributed by atoms with Gasteiger partial charge in [-0.2, -0.15) is 0 Å². The van der Waals surface area contributed by atoms with Gasteiger partial charge >= 0.3 is 30.0 Å². The lowest BCUT2D eigenvalue weighted by molar-refractivity contribution is -0.387. The average Bonchev–Trinajstić information content (AvgIpc) is 3.31. The zero-order valence-electron chi connectivity index (χ0n) is 38.2. The Hall–Kier alpha value is -4.09. The van der Waals surface area contributed by atoms with Crippen LogP contribution in [0.15, 0.2) is 42.5 Å². The number of methoxy groups -OCH3 is 1. The molecule has 2 bridgehead atoms. The van der Waals surface area contributed by atoms with Crippen molar-refractivity contribution in [3.8, 4) is 0 Å². The van der Waals surface area contributed by atoms with Crippen LogP contribution >= 0.6 is 0 Å². The summed E-state index contributed by atoms with van der Waals surface area (Å²) in [6.45, 7) is 24.2. The molecule has 1 aromatic carbocycles. The molecule has 2 unspecified atom stereocenters. The first kappa shape index (κ1) is 50.3. The summed E-state index contributed by atoms with van der Waals surface area (Å²) in [6, 6.07) is 9.57. The average molecular weight is 850 g/mol. The molecule has 338 valence electrons. The Labute approximate surface area is 354 Å². The van der Waals surface area contributed by atoms with E-state index in [1.54, 1.807) is 20.8 Å². The number of aliphatic hydroxyl groups is 1. The topological polar surface area (TPSA) is 192 Å². The van der Waals surface area contributed by atoms with E-state index >= 15 is 4.79 Å². The van der Waals surface area contributed by atoms with E-state index in [1.807, 2.05) is 37.3 Å². The maximum absolute atomic E-state index is 15.2. The molecule has 0 aromatic heterocycles. The Kier molecular flexibility index (Phi) is 15.2. The van der Waals surface area contributed by atoms with E-state index < -0.39 is 94.0 Å². The third-order valence-electron chi connectivity index (χ3n) is 9.64. The molecule has 1 aromatic rings. The Bertz CT molecular complexity index is 1740. The van der Waals surface area contributed by atoms with Gasteiger partial charge < -0.3 is 52.6 Å². The van der Waals surface area contributed by atoms with Crippen LogP contribution < -0.4 is 0 Å². The second-order valence-corrected chi connectivity index (χ2v) is 19.1. The number of rotatable bonds is 15. The fourth-order valence-electron chi connectivity index (χ4n) is 7.02. The lowest BCUT2D eigenvalue weighted by Crippen LogP contribution is -2.79. The van der Waals surface area contributed by atoms with Crippen LogP contribution in [-0.4, -0.2) is 125 Å². The number of benzene rings is 1. The molecule has 2 aliphatic rings. The Morgan fingerprint density at radius 3 is 1.87 bits per heavy atom. The zero-order valence-corrected chi connectivity index (χ0v) is 38.2. The summed E-state index contributed by atoms with van der Waals surface area (Å²) in [7, 11) is 4.07. The molecular formula is C44H67NO15. The minimum Gasteiger partial charge on any atom is -0.458 e. The maximum Gasteiger partial charge on any atom is 0.409 e. The van der Waals surface area contributed by atoms with Gasteiger partial charge in [0.1, 0.15) is 22.9 Å². The predicted octanol–water partition coefficient (Wildman–Crippen LogP) is 5.59. The van der Waals surface area contributed by atoms with Crippen LogP contribution in [0.3, 0.4) is 0 Å². The molecule has 8 atom stereocenters. The lowest BCUT2D eigenvalue weighted by Gasteiger charge is -2.51. The van der Waals surface area contributed by atoms with Crippen molar-refractivity contribution >= 4 is 30.0 Å². The van der Waals surface area contributed by atoms with Crippen LogP contribution in [0.4, 0.5) is 4.79 Å². The minimum atomic E-state index is -3.50. The van der Waals surface area contributed by atoms with E-state index in [1.165, 1.54) is 83.5 Å². The summed E-state index contributed by atoms with van der Waals surface area (Å²) in [5, 5.41) is 13.2. The maximum atomic E-state index is 15.2. The van der Waals surface area contributed by atoms with Crippen LogP contribution in [0.1, 0.15) is 108 Å². The van der Waals surface area contributed by atoms with Crippen molar-refractivity contribution in [1.82, 2.24) is 4.90 Å². The van der Waals surface area contributed by atoms with Crippen molar-refractivity contribution in [1.29, 1.82) is 0 Å².